The van der Waals surface area contributed by atoms with Crippen molar-refractivity contribution in [3.63, 3.8) is 0 Å². The number of hydrogen-bond acceptors (Lipinski definition) is 3. The molecule has 0 aliphatic heterocycles. The van der Waals surface area contributed by atoms with Crippen LogP contribution in [0.25, 0.3) is 0 Å². The molecular formula is C13H22N2O2. The maximum absolute atomic E-state index is 7.44. The molecule has 0 aliphatic rings. The van der Waals surface area contributed by atoms with Gasteiger partial charge in [0.05, 0.1) is 12.1 Å². The summed E-state index contributed by atoms with van der Waals surface area (Å²) in [6.07, 6.45) is 4.57. The average molecular weight is 238 g/mol. The number of nitrogens with two attached hydrogens (primary N) is 1. The van der Waals surface area contributed by atoms with Crippen LogP contribution < -0.4 is 5.73 Å². The lowest BCUT2D eigenvalue weighted by atomic mass is 9.86. The number of ether oxygens (including phenoxy) is 1. The molecule has 3 N–H and O–H groups in total. The summed E-state index contributed by atoms with van der Waals surface area (Å²) in [7, 11) is 0. The van der Waals surface area contributed by atoms with Gasteiger partial charge in [-0.2, -0.15) is 0 Å². The van der Waals surface area contributed by atoms with E-state index in [1.807, 2.05) is 26.0 Å². The zero-order valence-electron chi connectivity index (χ0n) is 10.7. The van der Waals surface area contributed by atoms with Gasteiger partial charge in [-0.1, -0.05) is 20.3 Å². The summed E-state index contributed by atoms with van der Waals surface area (Å²) in [6.45, 7) is 5.25. The van der Waals surface area contributed by atoms with Crippen LogP contribution in [0.4, 0.5) is 0 Å². The van der Waals surface area contributed by atoms with Crippen LogP contribution in [-0.4, -0.2) is 12.4 Å². The topological polar surface area (TPSA) is 72.2 Å². The second-order valence-corrected chi connectivity index (χ2v) is 4.89. The predicted octanol–water partition coefficient (Wildman–Crippen LogP) is 2.93. The summed E-state index contributed by atoms with van der Waals surface area (Å²) < 4.78 is 10.6. The Morgan fingerprint density at radius 1 is 1.47 bits per heavy atom. The van der Waals surface area contributed by atoms with Gasteiger partial charge in [0, 0.05) is 12.0 Å². The fraction of sp³-hybridized carbons (Fsp3) is 0.615. The minimum absolute atomic E-state index is 0.193. The Kier molecular flexibility index (Phi) is 5.22. The Bertz CT molecular complexity index is 331. The molecule has 0 aliphatic carbocycles. The highest BCUT2D eigenvalue weighted by molar-refractivity contribution is 5.82. The Morgan fingerprint density at radius 3 is 2.82 bits per heavy atom. The number of unbranched alkanes of at least 4 members (excludes halogenated alkanes) is 1. The highest BCUT2D eigenvalue weighted by Gasteiger charge is 2.20. The van der Waals surface area contributed by atoms with Crippen LogP contribution >= 0.6 is 0 Å². The summed E-state index contributed by atoms with van der Waals surface area (Å²) in [4.78, 5) is 0. The molecule has 4 nitrogen and oxygen atoms in total. The average Bonchev–Trinajstić information content (AvgIpc) is 2.75. The van der Waals surface area contributed by atoms with Crippen molar-refractivity contribution < 1.29 is 9.15 Å². The highest BCUT2D eigenvalue weighted by atomic mass is 16.5. The fourth-order valence-corrected chi connectivity index (χ4v) is 1.47. The van der Waals surface area contributed by atoms with E-state index in [-0.39, 0.29) is 11.3 Å². The van der Waals surface area contributed by atoms with Gasteiger partial charge in [0.25, 0.3) is 0 Å². The molecule has 0 unspecified atom stereocenters. The van der Waals surface area contributed by atoms with Crippen molar-refractivity contribution in [1.82, 2.24) is 0 Å². The van der Waals surface area contributed by atoms with Crippen LogP contribution in [0.3, 0.4) is 0 Å². The molecule has 0 radical (unpaired) electrons. The van der Waals surface area contributed by atoms with Gasteiger partial charge in [-0.3, -0.25) is 5.41 Å². The molecule has 0 fully saturated rings. The predicted molar refractivity (Wildman–Crippen MR) is 67.9 cm³/mol. The first-order valence-corrected chi connectivity index (χ1v) is 5.97. The van der Waals surface area contributed by atoms with Gasteiger partial charge < -0.3 is 14.9 Å². The van der Waals surface area contributed by atoms with E-state index in [2.05, 4.69) is 0 Å². The van der Waals surface area contributed by atoms with Crippen LogP contribution in [0.2, 0.25) is 0 Å². The standard InChI is InChI=1S/C13H22N2O2/c1-13(2,12(14)15)7-3-4-8-16-10-11-6-5-9-17-11/h5-6,9H,3-4,7-8,10H2,1-2H3,(H3,14,15). The first-order chi connectivity index (χ1) is 8.02. The Balaban J connectivity index is 2.03. The number of hydrogen-bond donors (Lipinski definition) is 2. The van der Waals surface area contributed by atoms with Crippen molar-refractivity contribution in [2.75, 3.05) is 6.61 Å². The molecule has 0 atom stereocenters. The van der Waals surface area contributed by atoms with Gasteiger partial charge >= 0.3 is 0 Å². The molecule has 0 amide bonds. The fourth-order valence-electron chi connectivity index (χ4n) is 1.47. The molecule has 0 aromatic carbocycles. The molecule has 1 aromatic heterocycles. The molecule has 4 heteroatoms. The van der Waals surface area contributed by atoms with Gasteiger partial charge in [-0.05, 0) is 25.0 Å². The molecule has 17 heavy (non-hydrogen) atoms. The van der Waals surface area contributed by atoms with Crippen LogP contribution in [-0.2, 0) is 11.3 Å². The van der Waals surface area contributed by atoms with Crippen molar-refractivity contribution in [2.24, 2.45) is 11.1 Å². The molecule has 1 aromatic rings. The number of furan rings is 1. The highest BCUT2D eigenvalue weighted by Crippen LogP contribution is 2.22. The SMILES string of the molecule is CC(C)(CCCCOCc1ccco1)C(=N)N. The van der Waals surface area contributed by atoms with E-state index in [4.69, 9.17) is 20.3 Å². The van der Waals surface area contributed by atoms with Crippen molar-refractivity contribution in [1.29, 1.82) is 5.41 Å². The van der Waals surface area contributed by atoms with Crippen LogP contribution in [0, 0.1) is 10.8 Å². The van der Waals surface area contributed by atoms with Gasteiger partial charge in [0.2, 0.25) is 0 Å². The van der Waals surface area contributed by atoms with Crippen molar-refractivity contribution >= 4 is 5.84 Å². The summed E-state index contributed by atoms with van der Waals surface area (Å²) in [5, 5.41) is 7.44. The molecule has 0 saturated carbocycles. The summed E-state index contributed by atoms with van der Waals surface area (Å²) in [5.41, 5.74) is 5.32. The van der Waals surface area contributed by atoms with E-state index in [1.165, 1.54) is 0 Å². The van der Waals surface area contributed by atoms with E-state index < -0.39 is 0 Å². The quantitative estimate of drug-likeness (QED) is 0.415. The van der Waals surface area contributed by atoms with Gasteiger partial charge in [-0.15, -0.1) is 0 Å². The lowest BCUT2D eigenvalue weighted by Crippen LogP contribution is -2.30. The molecule has 1 heterocycles. The monoisotopic (exact) mass is 238 g/mol. The minimum atomic E-state index is -0.193. The zero-order valence-corrected chi connectivity index (χ0v) is 10.7. The van der Waals surface area contributed by atoms with E-state index in [0.29, 0.717) is 13.2 Å². The van der Waals surface area contributed by atoms with Gasteiger partial charge in [0.1, 0.15) is 12.4 Å². The summed E-state index contributed by atoms with van der Waals surface area (Å²) in [5.74, 6) is 1.11. The Hall–Kier alpha value is -1.29. The molecule has 96 valence electrons. The van der Waals surface area contributed by atoms with Crippen LogP contribution in [0.15, 0.2) is 22.8 Å². The molecule has 0 spiro atoms. The van der Waals surface area contributed by atoms with Crippen LogP contribution in [0.1, 0.15) is 38.9 Å². The summed E-state index contributed by atoms with van der Waals surface area (Å²) >= 11 is 0. The first-order valence-electron chi connectivity index (χ1n) is 5.97. The third kappa shape index (κ3) is 5.04. The Morgan fingerprint density at radius 2 is 2.24 bits per heavy atom. The number of rotatable bonds is 8. The third-order valence-corrected chi connectivity index (χ3v) is 2.89. The van der Waals surface area contributed by atoms with E-state index in [0.717, 1.165) is 25.0 Å². The molecule has 0 bridgehead atoms. The molecule has 1 rings (SSSR count). The lowest BCUT2D eigenvalue weighted by molar-refractivity contribution is 0.101. The number of amidine groups is 1. The second kappa shape index (κ2) is 6.45. The summed E-state index contributed by atoms with van der Waals surface area (Å²) in [6, 6.07) is 3.76. The third-order valence-electron chi connectivity index (χ3n) is 2.89. The normalized spacial score (nSPS) is 11.6. The van der Waals surface area contributed by atoms with Crippen molar-refractivity contribution in [3.05, 3.63) is 24.2 Å². The number of nitrogens with one attached hydrogen (secondary N) is 1. The Labute approximate surface area is 103 Å². The van der Waals surface area contributed by atoms with Crippen molar-refractivity contribution in [2.45, 2.75) is 39.7 Å². The van der Waals surface area contributed by atoms with Gasteiger partial charge in [0.15, 0.2) is 0 Å². The first kappa shape index (κ1) is 13.8. The maximum atomic E-state index is 7.44. The molecular weight excluding hydrogens is 216 g/mol. The minimum Gasteiger partial charge on any atom is -0.467 e. The van der Waals surface area contributed by atoms with Crippen LogP contribution in [0.5, 0.6) is 0 Å². The second-order valence-electron chi connectivity index (χ2n) is 4.89. The molecule has 0 saturated heterocycles. The zero-order chi connectivity index (χ0) is 12.7. The maximum Gasteiger partial charge on any atom is 0.129 e. The van der Waals surface area contributed by atoms with Gasteiger partial charge in [-0.25, -0.2) is 0 Å². The van der Waals surface area contributed by atoms with E-state index >= 15 is 0 Å². The van der Waals surface area contributed by atoms with E-state index in [1.54, 1.807) is 6.26 Å². The smallest absolute Gasteiger partial charge is 0.129 e. The van der Waals surface area contributed by atoms with E-state index in [9.17, 15) is 0 Å². The lowest BCUT2D eigenvalue weighted by Gasteiger charge is -2.22. The van der Waals surface area contributed by atoms with Crippen molar-refractivity contribution in [3.8, 4) is 0 Å². The largest absolute Gasteiger partial charge is 0.467 e.